The van der Waals surface area contributed by atoms with E-state index in [4.69, 9.17) is 11.1 Å². The standard InChI is InChI=1S/C21H18N2S/c22-12-11-20(23)18-8-4-6-16(14-18)15-5-3-7-17(13-15)19-9-1-2-10-21(19)24/h1-14,22,24H,23H2/b20-11-,22-12?. The van der Waals surface area contributed by atoms with Gasteiger partial charge in [-0.2, -0.15) is 0 Å². The first kappa shape index (κ1) is 16.1. The van der Waals surface area contributed by atoms with Gasteiger partial charge in [0.15, 0.2) is 0 Å². The van der Waals surface area contributed by atoms with E-state index in [9.17, 15) is 0 Å². The third-order valence-electron chi connectivity index (χ3n) is 3.87. The summed E-state index contributed by atoms with van der Waals surface area (Å²) in [7, 11) is 0. The van der Waals surface area contributed by atoms with Crippen molar-refractivity contribution >= 4 is 24.5 Å². The SMILES string of the molecule is N=C/C=C(\N)c1cccc(-c2cccc(-c3ccccc3S)c2)c1. The summed E-state index contributed by atoms with van der Waals surface area (Å²) in [5.74, 6) is 0. The highest BCUT2D eigenvalue weighted by molar-refractivity contribution is 7.80. The van der Waals surface area contributed by atoms with Crippen molar-refractivity contribution in [2.75, 3.05) is 0 Å². The van der Waals surface area contributed by atoms with Crippen LogP contribution in [0.15, 0.2) is 83.8 Å². The van der Waals surface area contributed by atoms with Crippen LogP contribution in [0.4, 0.5) is 0 Å². The summed E-state index contributed by atoms with van der Waals surface area (Å²) >= 11 is 4.55. The predicted octanol–water partition coefficient (Wildman–Crippen LogP) is 5.26. The van der Waals surface area contributed by atoms with E-state index in [1.54, 1.807) is 6.08 Å². The average molecular weight is 330 g/mol. The summed E-state index contributed by atoms with van der Waals surface area (Å²) in [6.45, 7) is 0. The van der Waals surface area contributed by atoms with E-state index in [1.165, 1.54) is 6.21 Å². The van der Waals surface area contributed by atoms with Gasteiger partial charge in [-0.3, -0.25) is 0 Å². The molecule has 0 atom stereocenters. The molecule has 3 aromatic rings. The summed E-state index contributed by atoms with van der Waals surface area (Å²) in [4.78, 5) is 0.960. The summed E-state index contributed by atoms with van der Waals surface area (Å²) in [6, 6.07) is 24.5. The Morgan fingerprint density at radius 3 is 2.25 bits per heavy atom. The Morgan fingerprint density at radius 1 is 0.833 bits per heavy atom. The lowest BCUT2D eigenvalue weighted by atomic mass is 9.97. The van der Waals surface area contributed by atoms with Gasteiger partial charge in [0.2, 0.25) is 0 Å². The topological polar surface area (TPSA) is 49.9 Å². The molecule has 0 heterocycles. The molecular weight excluding hydrogens is 312 g/mol. The molecule has 3 heteroatoms. The largest absolute Gasteiger partial charge is 0.398 e. The highest BCUT2D eigenvalue weighted by Gasteiger charge is 2.05. The van der Waals surface area contributed by atoms with Crippen molar-refractivity contribution < 1.29 is 0 Å². The molecule has 0 unspecified atom stereocenters. The van der Waals surface area contributed by atoms with Crippen molar-refractivity contribution in [2.24, 2.45) is 5.73 Å². The van der Waals surface area contributed by atoms with Crippen molar-refractivity contribution in [3.8, 4) is 22.3 Å². The molecular formula is C21H18N2S. The Hall–Kier alpha value is -2.78. The second kappa shape index (κ2) is 7.20. The fourth-order valence-electron chi connectivity index (χ4n) is 2.65. The quantitative estimate of drug-likeness (QED) is 0.443. The number of hydrogen-bond donors (Lipinski definition) is 3. The molecule has 24 heavy (non-hydrogen) atoms. The van der Waals surface area contributed by atoms with Crippen LogP contribution in [0.5, 0.6) is 0 Å². The fourth-order valence-corrected chi connectivity index (χ4v) is 2.94. The Balaban J connectivity index is 2.04. The lowest BCUT2D eigenvalue weighted by Gasteiger charge is -2.09. The summed E-state index contributed by atoms with van der Waals surface area (Å²) in [5.41, 5.74) is 11.9. The second-order valence-corrected chi connectivity index (χ2v) is 5.95. The van der Waals surface area contributed by atoms with Crippen LogP contribution in [0, 0.1) is 5.41 Å². The van der Waals surface area contributed by atoms with E-state index in [-0.39, 0.29) is 0 Å². The molecule has 0 aliphatic rings. The zero-order valence-corrected chi connectivity index (χ0v) is 14.0. The summed E-state index contributed by atoms with van der Waals surface area (Å²) < 4.78 is 0. The Bertz CT molecular complexity index is 913. The van der Waals surface area contributed by atoms with E-state index in [0.717, 1.165) is 32.7 Å². The second-order valence-electron chi connectivity index (χ2n) is 5.47. The van der Waals surface area contributed by atoms with Crippen molar-refractivity contribution in [3.63, 3.8) is 0 Å². The normalized spacial score (nSPS) is 11.3. The molecule has 0 aliphatic heterocycles. The lowest BCUT2D eigenvalue weighted by molar-refractivity contribution is 1.45. The van der Waals surface area contributed by atoms with Crippen LogP contribution in [0.25, 0.3) is 28.0 Å². The number of hydrogen-bond acceptors (Lipinski definition) is 3. The maximum Gasteiger partial charge on any atom is 0.0403 e. The number of rotatable bonds is 4. The molecule has 0 aliphatic carbocycles. The van der Waals surface area contributed by atoms with Gasteiger partial charge in [0.1, 0.15) is 0 Å². The van der Waals surface area contributed by atoms with Crippen LogP contribution in [-0.4, -0.2) is 6.21 Å². The van der Waals surface area contributed by atoms with Gasteiger partial charge in [-0.1, -0.05) is 54.6 Å². The van der Waals surface area contributed by atoms with E-state index in [2.05, 4.69) is 43.0 Å². The van der Waals surface area contributed by atoms with Crippen molar-refractivity contribution in [1.82, 2.24) is 0 Å². The van der Waals surface area contributed by atoms with Gasteiger partial charge in [-0.15, -0.1) is 12.6 Å². The molecule has 0 fully saturated rings. The van der Waals surface area contributed by atoms with Crippen LogP contribution in [0.3, 0.4) is 0 Å². The van der Waals surface area contributed by atoms with Crippen LogP contribution in [0.2, 0.25) is 0 Å². The lowest BCUT2D eigenvalue weighted by Crippen LogP contribution is -1.96. The number of allylic oxidation sites excluding steroid dienone is 1. The van der Waals surface area contributed by atoms with Crippen molar-refractivity contribution in [2.45, 2.75) is 4.90 Å². The van der Waals surface area contributed by atoms with Crippen molar-refractivity contribution in [3.05, 3.63) is 84.4 Å². The molecule has 0 spiro atoms. The predicted molar refractivity (Wildman–Crippen MR) is 106 cm³/mol. The molecule has 0 amide bonds. The first-order valence-corrected chi connectivity index (χ1v) is 8.09. The highest BCUT2D eigenvalue weighted by Crippen LogP contribution is 2.30. The first-order chi connectivity index (χ1) is 11.7. The average Bonchev–Trinajstić information content (AvgIpc) is 2.62. The highest BCUT2D eigenvalue weighted by atomic mass is 32.1. The number of thiol groups is 1. The molecule has 0 saturated heterocycles. The van der Waals surface area contributed by atoms with Crippen LogP contribution >= 0.6 is 12.6 Å². The Morgan fingerprint density at radius 2 is 1.50 bits per heavy atom. The third-order valence-corrected chi connectivity index (χ3v) is 4.26. The molecule has 3 rings (SSSR count). The fraction of sp³-hybridized carbons (Fsp3) is 0. The molecule has 118 valence electrons. The van der Waals surface area contributed by atoms with Crippen LogP contribution < -0.4 is 5.73 Å². The molecule has 0 bridgehead atoms. The minimum atomic E-state index is 0.587. The number of benzene rings is 3. The summed E-state index contributed by atoms with van der Waals surface area (Å²) in [6.07, 6.45) is 2.79. The van der Waals surface area contributed by atoms with Gasteiger partial charge < -0.3 is 11.1 Å². The molecule has 0 aromatic heterocycles. The minimum absolute atomic E-state index is 0.587. The molecule has 0 saturated carbocycles. The monoisotopic (exact) mass is 330 g/mol. The summed E-state index contributed by atoms with van der Waals surface area (Å²) in [5, 5.41) is 7.15. The molecule has 3 N–H and O–H groups in total. The van der Waals surface area contributed by atoms with Crippen LogP contribution in [-0.2, 0) is 0 Å². The van der Waals surface area contributed by atoms with Gasteiger partial charge in [-0.25, -0.2) is 0 Å². The van der Waals surface area contributed by atoms with E-state index >= 15 is 0 Å². The zero-order valence-electron chi connectivity index (χ0n) is 13.1. The molecule has 2 nitrogen and oxygen atoms in total. The Labute approximate surface area is 147 Å². The van der Waals surface area contributed by atoms with Gasteiger partial charge >= 0.3 is 0 Å². The van der Waals surface area contributed by atoms with E-state index < -0.39 is 0 Å². The van der Waals surface area contributed by atoms with Crippen molar-refractivity contribution in [1.29, 1.82) is 5.41 Å². The molecule has 0 radical (unpaired) electrons. The van der Waals surface area contributed by atoms with E-state index in [0.29, 0.717) is 5.70 Å². The Kier molecular flexibility index (Phi) is 4.82. The van der Waals surface area contributed by atoms with E-state index in [1.807, 2.05) is 42.5 Å². The first-order valence-electron chi connectivity index (χ1n) is 7.64. The molecule has 3 aromatic carbocycles. The van der Waals surface area contributed by atoms with Gasteiger partial charge in [0, 0.05) is 16.8 Å². The minimum Gasteiger partial charge on any atom is -0.398 e. The number of nitrogens with two attached hydrogens (primary N) is 1. The van der Waals surface area contributed by atoms with Gasteiger partial charge in [0.05, 0.1) is 0 Å². The zero-order chi connectivity index (χ0) is 16.9. The van der Waals surface area contributed by atoms with Crippen LogP contribution in [0.1, 0.15) is 5.56 Å². The van der Waals surface area contributed by atoms with Gasteiger partial charge in [0.25, 0.3) is 0 Å². The number of nitrogens with one attached hydrogen (secondary N) is 1. The maximum absolute atomic E-state index is 7.15. The maximum atomic E-state index is 7.15. The van der Waals surface area contributed by atoms with Gasteiger partial charge in [-0.05, 0) is 52.1 Å². The third kappa shape index (κ3) is 3.42. The smallest absolute Gasteiger partial charge is 0.0403 e.